The quantitative estimate of drug-likeness (QED) is 0.876. The van der Waals surface area contributed by atoms with E-state index in [1.807, 2.05) is 35.2 Å². The first kappa shape index (κ1) is 18.4. The molecule has 1 aromatic carbocycles. The molecule has 1 N–H and O–H groups in total. The third-order valence-corrected chi connectivity index (χ3v) is 5.54. The van der Waals surface area contributed by atoms with Crippen molar-refractivity contribution in [1.82, 2.24) is 14.8 Å². The van der Waals surface area contributed by atoms with Gasteiger partial charge in [-0.1, -0.05) is 37.3 Å². The predicted octanol–water partition coefficient (Wildman–Crippen LogP) is 2.84. The highest BCUT2D eigenvalue weighted by molar-refractivity contribution is 7.13. The molecule has 26 heavy (non-hydrogen) atoms. The molecule has 0 radical (unpaired) electrons. The maximum atomic E-state index is 12.8. The van der Waals surface area contributed by atoms with Crippen molar-refractivity contribution in [2.75, 3.05) is 25.5 Å². The molecule has 0 spiro atoms. The number of thiazole rings is 1. The fourth-order valence-electron chi connectivity index (χ4n) is 3.20. The zero-order valence-electron chi connectivity index (χ0n) is 15.1. The fraction of sp³-hybridized carbons (Fsp3) is 0.421. The Bertz CT molecular complexity index is 762. The van der Waals surface area contributed by atoms with E-state index in [1.165, 1.54) is 11.3 Å². The summed E-state index contributed by atoms with van der Waals surface area (Å²) < 4.78 is 0. The number of amides is 2. The smallest absolute Gasteiger partial charge is 0.273 e. The van der Waals surface area contributed by atoms with Gasteiger partial charge in [0, 0.05) is 44.5 Å². The standard InChI is InChI=1S/C19H24N4O2S/c1-3-15-12-22(18(25)16-13-26-19(20-2)21-16)10-9-17(24)23(15)11-14-7-5-4-6-8-14/h4-8,13,15H,3,9-12H2,1-2H3,(H,20,21)/t15-/m0/s1. The van der Waals surface area contributed by atoms with Crippen molar-refractivity contribution in [3.8, 4) is 0 Å². The Morgan fingerprint density at radius 2 is 2.12 bits per heavy atom. The van der Waals surface area contributed by atoms with E-state index in [0.717, 1.165) is 17.1 Å². The Hall–Kier alpha value is -2.41. The minimum Gasteiger partial charge on any atom is -0.365 e. The number of hydrogen-bond acceptors (Lipinski definition) is 5. The molecule has 1 aromatic heterocycles. The van der Waals surface area contributed by atoms with E-state index in [0.29, 0.717) is 31.7 Å². The Labute approximate surface area is 157 Å². The predicted molar refractivity (Wildman–Crippen MR) is 103 cm³/mol. The van der Waals surface area contributed by atoms with Gasteiger partial charge in [0.25, 0.3) is 5.91 Å². The van der Waals surface area contributed by atoms with Crippen LogP contribution in [0.2, 0.25) is 0 Å². The minimum atomic E-state index is -0.101. The summed E-state index contributed by atoms with van der Waals surface area (Å²) in [6, 6.07) is 10.0. The summed E-state index contributed by atoms with van der Waals surface area (Å²) in [5.41, 5.74) is 1.55. The van der Waals surface area contributed by atoms with E-state index < -0.39 is 0 Å². The van der Waals surface area contributed by atoms with E-state index in [1.54, 1.807) is 17.3 Å². The topological polar surface area (TPSA) is 65.5 Å². The number of hydrogen-bond donors (Lipinski definition) is 1. The van der Waals surface area contributed by atoms with Crippen LogP contribution in [-0.2, 0) is 11.3 Å². The third-order valence-electron chi connectivity index (χ3n) is 4.68. The number of anilines is 1. The number of carbonyl (C=O) groups is 2. The monoisotopic (exact) mass is 372 g/mol. The van der Waals surface area contributed by atoms with E-state index in [9.17, 15) is 9.59 Å². The van der Waals surface area contributed by atoms with Crippen LogP contribution in [0.4, 0.5) is 5.13 Å². The lowest BCUT2D eigenvalue weighted by molar-refractivity contribution is -0.133. The average Bonchev–Trinajstić information content (AvgIpc) is 3.10. The van der Waals surface area contributed by atoms with Crippen molar-refractivity contribution in [3.05, 3.63) is 47.0 Å². The molecule has 3 rings (SSSR count). The Morgan fingerprint density at radius 1 is 1.35 bits per heavy atom. The number of aromatic nitrogens is 1. The summed E-state index contributed by atoms with van der Waals surface area (Å²) in [6.45, 7) is 3.62. The van der Waals surface area contributed by atoms with Gasteiger partial charge in [-0.15, -0.1) is 11.3 Å². The zero-order valence-corrected chi connectivity index (χ0v) is 16.0. The van der Waals surface area contributed by atoms with E-state index in [-0.39, 0.29) is 17.9 Å². The first-order valence-corrected chi connectivity index (χ1v) is 9.76. The van der Waals surface area contributed by atoms with Crippen LogP contribution in [0.3, 0.4) is 0 Å². The van der Waals surface area contributed by atoms with E-state index in [2.05, 4.69) is 17.2 Å². The Morgan fingerprint density at radius 3 is 2.77 bits per heavy atom. The summed E-state index contributed by atoms with van der Waals surface area (Å²) in [5, 5.41) is 5.44. The van der Waals surface area contributed by atoms with Gasteiger partial charge in [-0.3, -0.25) is 9.59 Å². The first-order chi connectivity index (χ1) is 12.6. The van der Waals surface area contributed by atoms with E-state index >= 15 is 0 Å². The van der Waals surface area contributed by atoms with Crippen molar-refractivity contribution in [3.63, 3.8) is 0 Å². The molecule has 0 bridgehead atoms. The molecule has 6 nitrogen and oxygen atoms in total. The molecular weight excluding hydrogens is 348 g/mol. The molecule has 7 heteroatoms. The molecule has 0 aliphatic carbocycles. The van der Waals surface area contributed by atoms with Gasteiger partial charge in [-0.2, -0.15) is 0 Å². The summed E-state index contributed by atoms with van der Waals surface area (Å²) in [6.07, 6.45) is 1.15. The Kier molecular flexibility index (Phi) is 5.88. The van der Waals surface area contributed by atoms with Gasteiger partial charge in [0.15, 0.2) is 5.13 Å². The largest absolute Gasteiger partial charge is 0.365 e. The second-order valence-corrected chi connectivity index (χ2v) is 7.22. The number of nitrogens with zero attached hydrogens (tertiary/aromatic N) is 3. The lowest BCUT2D eigenvalue weighted by Crippen LogP contribution is -2.43. The van der Waals surface area contributed by atoms with Crippen LogP contribution >= 0.6 is 11.3 Å². The fourth-order valence-corrected chi connectivity index (χ4v) is 3.85. The van der Waals surface area contributed by atoms with Crippen LogP contribution in [0.5, 0.6) is 0 Å². The average molecular weight is 372 g/mol. The number of carbonyl (C=O) groups excluding carboxylic acids is 2. The molecule has 1 fully saturated rings. The number of nitrogens with one attached hydrogen (secondary N) is 1. The van der Waals surface area contributed by atoms with Crippen LogP contribution in [0.1, 0.15) is 35.8 Å². The van der Waals surface area contributed by atoms with Crippen molar-refractivity contribution in [2.24, 2.45) is 0 Å². The SMILES string of the molecule is CC[C@H]1CN(C(=O)c2csc(NC)n2)CCC(=O)N1Cc1ccccc1. The molecule has 1 aliphatic rings. The normalized spacial score (nSPS) is 17.9. The van der Waals surface area contributed by atoms with Crippen molar-refractivity contribution in [1.29, 1.82) is 0 Å². The second-order valence-electron chi connectivity index (χ2n) is 6.36. The van der Waals surface area contributed by atoms with Crippen molar-refractivity contribution >= 4 is 28.3 Å². The van der Waals surface area contributed by atoms with Gasteiger partial charge >= 0.3 is 0 Å². The maximum Gasteiger partial charge on any atom is 0.273 e. The van der Waals surface area contributed by atoms with Gasteiger partial charge in [-0.25, -0.2) is 4.98 Å². The number of benzene rings is 1. The highest BCUT2D eigenvalue weighted by Crippen LogP contribution is 2.21. The van der Waals surface area contributed by atoms with Gasteiger partial charge in [0.2, 0.25) is 5.91 Å². The molecule has 2 heterocycles. The molecule has 1 aliphatic heterocycles. The first-order valence-electron chi connectivity index (χ1n) is 8.88. The number of rotatable bonds is 5. The molecule has 138 valence electrons. The highest BCUT2D eigenvalue weighted by Gasteiger charge is 2.31. The summed E-state index contributed by atoms with van der Waals surface area (Å²) >= 11 is 1.41. The van der Waals surface area contributed by atoms with Gasteiger partial charge in [0.1, 0.15) is 5.69 Å². The lowest BCUT2D eigenvalue weighted by Gasteiger charge is -2.31. The van der Waals surface area contributed by atoms with Crippen LogP contribution in [-0.4, -0.2) is 52.8 Å². The van der Waals surface area contributed by atoms with Crippen molar-refractivity contribution in [2.45, 2.75) is 32.4 Å². The zero-order chi connectivity index (χ0) is 18.5. The molecule has 1 atom stereocenters. The van der Waals surface area contributed by atoms with Crippen LogP contribution in [0, 0.1) is 0 Å². The molecule has 2 amide bonds. The highest BCUT2D eigenvalue weighted by atomic mass is 32.1. The minimum absolute atomic E-state index is 0.0107. The van der Waals surface area contributed by atoms with Crippen LogP contribution in [0.25, 0.3) is 0 Å². The molecule has 0 saturated carbocycles. The van der Waals surface area contributed by atoms with Gasteiger partial charge in [0.05, 0.1) is 0 Å². The molecule has 2 aromatic rings. The summed E-state index contributed by atoms with van der Waals surface area (Å²) in [7, 11) is 1.78. The molecule has 1 saturated heterocycles. The maximum absolute atomic E-state index is 12.8. The summed E-state index contributed by atoms with van der Waals surface area (Å²) in [5.74, 6) is 0.000700. The van der Waals surface area contributed by atoms with Crippen LogP contribution in [0.15, 0.2) is 35.7 Å². The van der Waals surface area contributed by atoms with Crippen molar-refractivity contribution < 1.29 is 9.59 Å². The van der Waals surface area contributed by atoms with Crippen LogP contribution < -0.4 is 5.32 Å². The lowest BCUT2D eigenvalue weighted by atomic mass is 10.1. The second kappa shape index (κ2) is 8.31. The van der Waals surface area contributed by atoms with Gasteiger partial charge in [-0.05, 0) is 12.0 Å². The third kappa shape index (κ3) is 4.04. The molecule has 0 unspecified atom stereocenters. The summed E-state index contributed by atoms with van der Waals surface area (Å²) in [4.78, 5) is 33.5. The van der Waals surface area contributed by atoms with Gasteiger partial charge < -0.3 is 15.1 Å². The van der Waals surface area contributed by atoms with E-state index in [4.69, 9.17) is 0 Å². The Balaban J connectivity index is 1.76. The molecular formula is C19H24N4O2S.